The molecule has 0 spiro atoms. The third kappa shape index (κ3) is 4.13. The second-order valence-electron chi connectivity index (χ2n) is 4.16. The van der Waals surface area contributed by atoms with Gasteiger partial charge >= 0.3 is 5.97 Å². The topological polar surface area (TPSA) is 63.6 Å². The Bertz CT molecular complexity index is 672. The number of benzene rings is 2. The Morgan fingerprint density at radius 1 is 1.19 bits per heavy atom. The van der Waals surface area contributed by atoms with Crippen molar-refractivity contribution >= 4 is 16.8 Å². The van der Waals surface area contributed by atoms with Crippen LogP contribution < -0.4 is 4.74 Å². The lowest BCUT2D eigenvalue weighted by atomic mass is 10.2. The number of hydrogen-bond donors (Lipinski definition) is 1. The van der Waals surface area contributed by atoms with Crippen LogP contribution in [0.3, 0.4) is 0 Å². The number of carboxylic acid groups (broad SMARTS) is 1. The van der Waals surface area contributed by atoms with E-state index in [1.54, 1.807) is 18.2 Å². The first-order valence-corrected chi connectivity index (χ1v) is 7.49. The predicted molar refractivity (Wildman–Crippen MR) is 76.6 cm³/mol. The molecule has 0 radical (unpaired) electrons. The van der Waals surface area contributed by atoms with Crippen LogP contribution in [0.2, 0.25) is 0 Å². The number of halogens is 1. The number of ether oxygens (including phenoxy) is 1. The van der Waals surface area contributed by atoms with Crippen molar-refractivity contribution in [2.45, 2.75) is 4.90 Å². The molecule has 0 heterocycles. The largest absolute Gasteiger partial charge is 0.493 e. The van der Waals surface area contributed by atoms with Crippen LogP contribution in [-0.2, 0) is 10.8 Å². The molecule has 2 rings (SSSR count). The van der Waals surface area contributed by atoms with Crippen molar-refractivity contribution in [2.24, 2.45) is 0 Å². The second-order valence-corrected chi connectivity index (χ2v) is 5.70. The van der Waals surface area contributed by atoms with Gasteiger partial charge in [-0.05, 0) is 30.3 Å². The molecule has 0 aliphatic carbocycles. The van der Waals surface area contributed by atoms with Gasteiger partial charge in [0.05, 0.1) is 27.0 Å². The number of aromatic carboxylic acids is 1. The Morgan fingerprint density at radius 2 is 1.95 bits per heavy atom. The molecule has 21 heavy (non-hydrogen) atoms. The molecule has 0 bridgehead atoms. The fourth-order valence-electron chi connectivity index (χ4n) is 1.69. The predicted octanol–water partition coefficient (Wildman–Crippen LogP) is 2.71. The zero-order valence-electron chi connectivity index (χ0n) is 11.0. The van der Waals surface area contributed by atoms with E-state index in [0.29, 0.717) is 5.75 Å². The van der Waals surface area contributed by atoms with Gasteiger partial charge in [-0.1, -0.05) is 18.2 Å². The van der Waals surface area contributed by atoms with Crippen molar-refractivity contribution in [1.82, 2.24) is 0 Å². The summed E-state index contributed by atoms with van der Waals surface area (Å²) in [5.41, 5.74) is 0.114. The first-order chi connectivity index (χ1) is 10.1. The highest BCUT2D eigenvalue weighted by Crippen LogP contribution is 2.15. The summed E-state index contributed by atoms with van der Waals surface area (Å²) in [6.07, 6.45) is 0. The van der Waals surface area contributed by atoms with Crippen molar-refractivity contribution in [2.75, 3.05) is 12.4 Å². The minimum absolute atomic E-state index is 0.101. The summed E-state index contributed by atoms with van der Waals surface area (Å²) in [4.78, 5) is 11.0. The summed E-state index contributed by atoms with van der Waals surface area (Å²) in [7, 11) is -1.50. The van der Waals surface area contributed by atoms with Gasteiger partial charge in [0, 0.05) is 0 Å². The van der Waals surface area contributed by atoms with E-state index in [4.69, 9.17) is 9.84 Å². The normalized spacial score (nSPS) is 11.9. The van der Waals surface area contributed by atoms with Gasteiger partial charge in [0.25, 0.3) is 0 Å². The first kappa shape index (κ1) is 15.2. The molecule has 0 aromatic heterocycles. The summed E-state index contributed by atoms with van der Waals surface area (Å²) < 4.78 is 30.7. The lowest BCUT2D eigenvalue weighted by Gasteiger charge is -2.07. The van der Waals surface area contributed by atoms with E-state index >= 15 is 0 Å². The SMILES string of the molecule is O=C(O)c1cccc(OCCS(=O)c2ccccc2F)c1. The minimum atomic E-state index is -1.50. The Balaban J connectivity index is 1.93. The molecule has 110 valence electrons. The van der Waals surface area contributed by atoms with Crippen molar-refractivity contribution < 1.29 is 23.2 Å². The Hall–Kier alpha value is -2.21. The van der Waals surface area contributed by atoms with Crippen LogP contribution in [0.15, 0.2) is 53.4 Å². The van der Waals surface area contributed by atoms with E-state index < -0.39 is 22.6 Å². The van der Waals surface area contributed by atoms with E-state index in [0.717, 1.165) is 0 Å². The number of rotatable bonds is 6. The summed E-state index contributed by atoms with van der Waals surface area (Å²) in [6, 6.07) is 11.9. The molecule has 0 fully saturated rings. The average molecular weight is 308 g/mol. The summed E-state index contributed by atoms with van der Waals surface area (Å²) in [6.45, 7) is 0.101. The molecule has 0 aliphatic heterocycles. The zero-order valence-corrected chi connectivity index (χ0v) is 11.8. The molecular formula is C15H13FO4S. The van der Waals surface area contributed by atoms with Crippen LogP contribution in [0.1, 0.15) is 10.4 Å². The van der Waals surface area contributed by atoms with Gasteiger partial charge in [0.1, 0.15) is 18.2 Å². The van der Waals surface area contributed by atoms with Crippen molar-refractivity contribution in [3.63, 3.8) is 0 Å². The lowest BCUT2D eigenvalue weighted by molar-refractivity contribution is 0.0696. The maximum atomic E-state index is 13.4. The van der Waals surface area contributed by atoms with Crippen LogP contribution in [-0.4, -0.2) is 27.6 Å². The van der Waals surface area contributed by atoms with Crippen LogP contribution in [0.5, 0.6) is 5.75 Å². The summed E-state index contributed by atoms with van der Waals surface area (Å²) in [5, 5.41) is 8.86. The fraction of sp³-hybridized carbons (Fsp3) is 0.133. The average Bonchev–Trinajstić information content (AvgIpc) is 2.48. The monoisotopic (exact) mass is 308 g/mol. The highest BCUT2D eigenvalue weighted by atomic mass is 32.2. The van der Waals surface area contributed by atoms with E-state index in [-0.39, 0.29) is 22.8 Å². The first-order valence-electron chi connectivity index (χ1n) is 6.17. The lowest BCUT2D eigenvalue weighted by Crippen LogP contribution is -2.10. The van der Waals surface area contributed by atoms with Crippen molar-refractivity contribution in [3.05, 3.63) is 59.9 Å². The number of carboxylic acids is 1. The zero-order chi connectivity index (χ0) is 15.2. The van der Waals surface area contributed by atoms with Gasteiger partial charge in [-0.2, -0.15) is 0 Å². The molecule has 2 aromatic carbocycles. The molecule has 1 unspecified atom stereocenters. The van der Waals surface area contributed by atoms with Gasteiger partial charge in [0.15, 0.2) is 0 Å². The van der Waals surface area contributed by atoms with Crippen LogP contribution in [0.4, 0.5) is 4.39 Å². The second kappa shape index (κ2) is 6.99. The summed E-state index contributed by atoms with van der Waals surface area (Å²) in [5.74, 6) is -1.06. The molecule has 0 saturated carbocycles. The van der Waals surface area contributed by atoms with Crippen LogP contribution in [0, 0.1) is 5.82 Å². The van der Waals surface area contributed by atoms with E-state index in [2.05, 4.69) is 0 Å². The molecule has 2 aromatic rings. The molecule has 1 atom stereocenters. The Labute approximate surface area is 123 Å². The van der Waals surface area contributed by atoms with E-state index in [1.165, 1.54) is 30.3 Å². The standard InChI is InChI=1S/C15H13FO4S/c16-13-6-1-2-7-14(13)21(19)9-8-20-12-5-3-4-11(10-12)15(17)18/h1-7,10H,8-9H2,(H,17,18). The van der Waals surface area contributed by atoms with Crippen LogP contribution >= 0.6 is 0 Å². The van der Waals surface area contributed by atoms with Gasteiger partial charge in [0.2, 0.25) is 0 Å². The third-order valence-corrected chi connectivity index (χ3v) is 4.06. The van der Waals surface area contributed by atoms with Crippen molar-refractivity contribution in [1.29, 1.82) is 0 Å². The Morgan fingerprint density at radius 3 is 2.67 bits per heavy atom. The quantitative estimate of drug-likeness (QED) is 0.891. The van der Waals surface area contributed by atoms with Gasteiger partial charge in [-0.25, -0.2) is 9.18 Å². The molecule has 6 heteroatoms. The van der Waals surface area contributed by atoms with Crippen LogP contribution in [0.25, 0.3) is 0 Å². The van der Waals surface area contributed by atoms with Crippen molar-refractivity contribution in [3.8, 4) is 5.75 Å². The minimum Gasteiger partial charge on any atom is -0.493 e. The maximum Gasteiger partial charge on any atom is 0.335 e. The Kier molecular flexibility index (Phi) is 5.05. The molecule has 0 amide bonds. The van der Waals surface area contributed by atoms with Gasteiger partial charge < -0.3 is 9.84 Å². The molecule has 0 saturated heterocycles. The molecule has 4 nitrogen and oxygen atoms in total. The third-order valence-electron chi connectivity index (χ3n) is 2.70. The number of hydrogen-bond acceptors (Lipinski definition) is 3. The highest BCUT2D eigenvalue weighted by Gasteiger charge is 2.09. The highest BCUT2D eigenvalue weighted by molar-refractivity contribution is 7.85. The smallest absolute Gasteiger partial charge is 0.335 e. The molecule has 0 aliphatic rings. The van der Waals surface area contributed by atoms with E-state index in [9.17, 15) is 13.4 Å². The fourth-order valence-corrected chi connectivity index (χ4v) is 2.66. The van der Waals surface area contributed by atoms with Gasteiger partial charge in [-0.3, -0.25) is 4.21 Å². The summed E-state index contributed by atoms with van der Waals surface area (Å²) >= 11 is 0. The molecule has 1 N–H and O–H groups in total. The van der Waals surface area contributed by atoms with Gasteiger partial charge in [-0.15, -0.1) is 0 Å². The van der Waals surface area contributed by atoms with E-state index in [1.807, 2.05) is 0 Å². The number of carbonyl (C=O) groups is 1. The molecular weight excluding hydrogens is 295 g/mol. The maximum absolute atomic E-state index is 13.4.